The summed E-state index contributed by atoms with van der Waals surface area (Å²) in [5, 5.41) is 67.9. The minimum absolute atomic E-state index is 0.0890. The molecule has 0 saturated carbocycles. The SMILES string of the molecule is CCCCCc1ccc(C)cc1O.Cc1c(O)c(Br)c(Br)c(Br)c1Br.Cc1cc(Cl)ccc1O.Cc1cc(O)c(Cl)c(C)c1Cl.Cc1cc(O)cc(C)c1Cl.Cc1cc(O)ccc1Cl.Oc1ccccc1-c1ccccc1. The molecule has 7 N–H and O–H groups in total. The van der Waals surface area contributed by atoms with E-state index >= 15 is 0 Å². The van der Waals surface area contributed by atoms with Crippen molar-refractivity contribution in [3.8, 4) is 51.4 Å². The number of hydrogen-bond acceptors (Lipinski definition) is 7. The molecule has 0 radical (unpaired) electrons. The number of phenols is 7. The highest BCUT2D eigenvalue weighted by molar-refractivity contribution is 9.15. The summed E-state index contributed by atoms with van der Waals surface area (Å²) in [7, 11) is 0. The monoisotopic (exact) mass is 1400 g/mol. The highest BCUT2D eigenvalue weighted by atomic mass is 79.9. The number of rotatable bonds is 5. The van der Waals surface area contributed by atoms with Gasteiger partial charge in [0, 0.05) is 40.2 Å². The van der Waals surface area contributed by atoms with E-state index in [1.54, 1.807) is 74.5 Å². The highest BCUT2D eigenvalue weighted by Gasteiger charge is 2.15. The van der Waals surface area contributed by atoms with Crippen molar-refractivity contribution >= 4 is 122 Å². The Kier molecular flexibility index (Phi) is 31.0. The molecule has 0 heterocycles. The van der Waals surface area contributed by atoms with Crippen LogP contribution in [0.15, 0.2) is 145 Å². The summed E-state index contributed by atoms with van der Waals surface area (Å²) < 4.78 is 3.22. The molecule has 0 atom stereocenters. The summed E-state index contributed by atoms with van der Waals surface area (Å²) in [6.45, 7) is 17.0. The van der Waals surface area contributed by atoms with Crippen LogP contribution in [0.25, 0.3) is 11.1 Å². The number of phenolic OH excluding ortho intramolecular Hbond substituents is 7. The van der Waals surface area contributed by atoms with Crippen molar-refractivity contribution in [3.05, 3.63) is 220 Å². The van der Waals surface area contributed by atoms with E-state index in [1.165, 1.54) is 19.3 Å². The highest BCUT2D eigenvalue weighted by Crippen LogP contribution is 2.45. The molecular formula is C61H63Br4Cl5O7. The lowest BCUT2D eigenvalue weighted by atomic mass is 10.0. The molecule has 8 rings (SSSR count). The van der Waals surface area contributed by atoms with E-state index in [2.05, 4.69) is 76.7 Å². The third-order valence-electron chi connectivity index (χ3n) is 11.1. The van der Waals surface area contributed by atoms with Crippen molar-refractivity contribution in [1.29, 1.82) is 0 Å². The second-order valence-electron chi connectivity index (χ2n) is 17.4. The minimum Gasteiger partial charge on any atom is -0.508 e. The largest absolute Gasteiger partial charge is 0.508 e. The quantitative estimate of drug-likeness (QED) is 0.0517. The average molecular weight is 1410 g/mol. The molecular weight excluding hydrogens is 1340 g/mol. The predicted octanol–water partition coefficient (Wildman–Crippen LogP) is 21.9. The fraction of sp³-hybridized carbons (Fsp3) is 0.213. The Labute approximate surface area is 512 Å². The van der Waals surface area contributed by atoms with Crippen LogP contribution in [0.3, 0.4) is 0 Å². The predicted molar refractivity (Wildman–Crippen MR) is 339 cm³/mol. The van der Waals surface area contributed by atoms with Gasteiger partial charge in [0.05, 0.1) is 14.0 Å². The van der Waals surface area contributed by atoms with E-state index in [4.69, 9.17) is 73.3 Å². The third kappa shape index (κ3) is 23.2. The van der Waals surface area contributed by atoms with Gasteiger partial charge in [0.25, 0.3) is 0 Å². The fourth-order valence-corrected chi connectivity index (χ4v) is 9.70. The van der Waals surface area contributed by atoms with Gasteiger partial charge in [-0.05, 0) is 249 Å². The number of para-hydroxylation sites is 1. The van der Waals surface area contributed by atoms with Crippen molar-refractivity contribution in [2.45, 2.75) is 88.0 Å². The zero-order valence-electron chi connectivity index (χ0n) is 44.0. The molecule has 0 spiro atoms. The van der Waals surface area contributed by atoms with Crippen LogP contribution in [-0.4, -0.2) is 35.7 Å². The summed E-state index contributed by atoms with van der Waals surface area (Å²) in [6, 6.07) is 37.8. The number of aromatic hydroxyl groups is 7. The molecule has 412 valence electrons. The third-order valence-corrected chi connectivity index (χ3v) is 18.3. The van der Waals surface area contributed by atoms with Crippen LogP contribution in [0, 0.1) is 55.4 Å². The Morgan fingerprint density at radius 3 is 1.49 bits per heavy atom. The minimum atomic E-state index is 0.0890. The fourth-order valence-electron chi connectivity index (χ4n) is 6.60. The van der Waals surface area contributed by atoms with E-state index < -0.39 is 0 Å². The van der Waals surface area contributed by atoms with Gasteiger partial charge in [0.1, 0.15) is 40.2 Å². The first-order valence-electron chi connectivity index (χ1n) is 23.8. The van der Waals surface area contributed by atoms with Crippen molar-refractivity contribution < 1.29 is 35.7 Å². The van der Waals surface area contributed by atoms with Crippen LogP contribution in [0.4, 0.5) is 0 Å². The van der Waals surface area contributed by atoms with Gasteiger partial charge in [-0.25, -0.2) is 0 Å². The van der Waals surface area contributed by atoms with Gasteiger partial charge in [0.15, 0.2) is 0 Å². The summed E-state index contributed by atoms with van der Waals surface area (Å²) in [5.74, 6) is 1.95. The smallest absolute Gasteiger partial charge is 0.135 e. The first-order chi connectivity index (χ1) is 36.1. The topological polar surface area (TPSA) is 142 Å². The van der Waals surface area contributed by atoms with Gasteiger partial charge in [-0.2, -0.15) is 0 Å². The maximum absolute atomic E-state index is 9.59. The number of halogens is 9. The average Bonchev–Trinajstić information content (AvgIpc) is 3.39. The lowest BCUT2D eigenvalue weighted by molar-refractivity contribution is 0.465. The van der Waals surface area contributed by atoms with Crippen LogP contribution in [-0.2, 0) is 6.42 Å². The summed E-state index contributed by atoms with van der Waals surface area (Å²) in [6.07, 6.45) is 4.65. The Bertz CT molecular complexity index is 2970. The molecule has 0 aliphatic heterocycles. The lowest BCUT2D eigenvalue weighted by Gasteiger charge is -2.09. The first-order valence-corrected chi connectivity index (χ1v) is 28.8. The van der Waals surface area contributed by atoms with Gasteiger partial charge in [-0.15, -0.1) is 0 Å². The van der Waals surface area contributed by atoms with Crippen molar-refractivity contribution in [3.63, 3.8) is 0 Å². The molecule has 0 bridgehead atoms. The van der Waals surface area contributed by atoms with Crippen molar-refractivity contribution in [1.82, 2.24) is 0 Å². The molecule has 8 aromatic rings. The zero-order chi connectivity index (χ0) is 58.3. The van der Waals surface area contributed by atoms with E-state index in [0.717, 1.165) is 86.1 Å². The molecule has 0 aromatic heterocycles. The molecule has 0 fully saturated rings. The van der Waals surface area contributed by atoms with E-state index in [9.17, 15) is 20.4 Å². The van der Waals surface area contributed by atoms with Crippen LogP contribution >= 0.6 is 122 Å². The molecule has 0 unspecified atom stereocenters. The number of hydrogen-bond donors (Lipinski definition) is 7. The maximum atomic E-state index is 9.59. The van der Waals surface area contributed by atoms with Gasteiger partial charge < -0.3 is 35.7 Å². The maximum Gasteiger partial charge on any atom is 0.135 e. The van der Waals surface area contributed by atoms with Crippen LogP contribution in [0.2, 0.25) is 25.1 Å². The van der Waals surface area contributed by atoms with Crippen LogP contribution < -0.4 is 0 Å². The second kappa shape index (κ2) is 34.7. The van der Waals surface area contributed by atoms with Crippen molar-refractivity contribution in [2.24, 2.45) is 0 Å². The number of unbranched alkanes of at least 4 members (excludes halogenated alkanes) is 2. The van der Waals surface area contributed by atoms with Gasteiger partial charge in [-0.3, -0.25) is 0 Å². The summed E-state index contributed by atoms with van der Waals surface area (Å²) in [4.78, 5) is 0. The zero-order valence-corrected chi connectivity index (χ0v) is 54.1. The van der Waals surface area contributed by atoms with E-state index in [0.29, 0.717) is 41.8 Å². The van der Waals surface area contributed by atoms with Gasteiger partial charge >= 0.3 is 0 Å². The van der Waals surface area contributed by atoms with Crippen LogP contribution in [0.1, 0.15) is 76.3 Å². The molecule has 7 nitrogen and oxygen atoms in total. The van der Waals surface area contributed by atoms with E-state index in [-0.39, 0.29) is 23.0 Å². The van der Waals surface area contributed by atoms with Crippen molar-refractivity contribution in [2.75, 3.05) is 0 Å². The van der Waals surface area contributed by atoms with Gasteiger partial charge in [0.2, 0.25) is 0 Å². The standard InChI is InChI=1S/C12H10O.C12H18O.C8H8Cl2O.C8H9ClO.C7H4Br4O.2C7H7ClO/c13-12-9-5-4-8-11(12)10-6-2-1-3-7-10;1-3-4-5-6-11-8-7-10(2)9-12(11)13;1-4-3-6(11)8(10)5(2)7(4)9;1-5-3-7(10)4-6(2)8(5)9;1-2-3(8)4(9)5(10)6(11)7(2)12;1-5-4-6(9)2-3-7(5)8;1-5-4-6(8)2-3-7(5)9/h1-9,13H;7-9,13H,3-6H2,1-2H3;3,11H,1-2H3;3-4,10H,1-2H3;12H,1H3;2*2-4,9H,1H3. The second-order valence-corrected chi connectivity index (χ2v) is 22.6. The summed E-state index contributed by atoms with van der Waals surface area (Å²) in [5.41, 5.74) is 10.0. The number of aryl methyl sites for hydroxylation is 7. The molecule has 0 amide bonds. The Morgan fingerprint density at radius 2 is 0.961 bits per heavy atom. The summed E-state index contributed by atoms with van der Waals surface area (Å²) >= 11 is 42.0. The normalized spacial score (nSPS) is 10.0. The first kappa shape index (κ1) is 68.8. The lowest BCUT2D eigenvalue weighted by Crippen LogP contribution is -1.86. The van der Waals surface area contributed by atoms with E-state index in [1.807, 2.05) is 102 Å². The Morgan fingerprint density at radius 1 is 0.403 bits per heavy atom. The van der Waals surface area contributed by atoms with Gasteiger partial charge in [-0.1, -0.05) is 138 Å². The molecule has 16 heteroatoms. The number of benzene rings is 8. The molecule has 0 aliphatic rings. The molecule has 8 aromatic carbocycles. The van der Waals surface area contributed by atoms with Crippen LogP contribution in [0.5, 0.6) is 40.2 Å². The Hall–Kier alpha value is -4.27. The molecule has 0 saturated heterocycles. The Balaban J connectivity index is 0.000000309. The molecule has 77 heavy (non-hydrogen) atoms. The molecule has 0 aliphatic carbocycles.